The maximum atomic E-state index is 13.4. The van der Waals surface area contributed by atoms with E-state index in [0.717, 1.165) is 4.90 Å². The minimum absolute atomic E-state index is 0.00645. The van der Waals surface area contributed by atoms with E-state index in [1.54, 1.807) is 0 Å². The first-order chi connectivity index (χ1) is 14.1. The Kier molecular flexibility index (Phi) is 5.99. The molecular formula is C19H22F2N4O5. The second kappa shape index (κ2) is 8.33. The van der Waals surface area contributed by atoms with E-state index < -0.39 is 41.7 Å². The van der Waals surface area contributed by atoms with Gasteiger partial charge >= 0.3 is 5.97 Å². The summed E-state index contributed by atoms with van der Waals surface area (Å²) in [6.07, 6.45) is 1.30. The summed E-state index contributed by atoms with van der Waals surface area (Å²) in [5, 5.41) is 13.7. The smallest absolute Gasteiger partial charge is 0.303 e. The van der Waals surface area contributed by atoms with Gasteiger partial charge in [0.15, 0.2) is 0 Å². The van der Waals surface area contributed by atoms with E-state index in [1.165, 1.54) is 18.3 Å². The maximum absolute atomic E-state index is 13.4. The summed E-state index contributed by atoms with van der Waals surface area (Å²) in [5.74, 6) is -5.47. The van der Waals surface area contributed by atoms with Gasteiger partial charge in [-0.15, -0.1) is 0 Å². The lowest BCUT2D eigenvalue weighted by Crippen LogP contribution is -2.50. The molecule has 0 spiro atoms. The molecule has 0 bridgehead atoms. The van der Waals surface area contributed by atoms with Crippen molar-refractivity contribution in [1.82, 2.24) is 20.5 Å². The number of likely N-dealkylation sites (tertiary alicyclic amines) is 1. The summed E-state index contributed by atoms with van der Waals surface area (Å²) in [6, 6.07) is 2.88. The van der Waals surface area contributed by atoms with E-state index in [1.807, 2.05) is 0 Å². The molecule has 162 valence electrons. The van der Waals surface area contributed by atoms with Crippen LogP contribution in [0.4, 0.5) is 8.78 Å². The molecule has 1 aromatic heterocycles. The van der Waals surface area contributed by atoms with Gasteiger partial charge in [0.25, 0.3) is 11.8 Å². The average Bonchev–Trinajstić information content (AvgIpc) is 3.39. The molecule has 1 saturated heterocycles. The highest BCUT2D eigenvalue weighted by Crippen LogP contribution is 2.40. The van der Waals surface area contributed by atoms with Gasteiger partial charge in [-0.1, -0.05) is 0 Å². The molecule has 9 nitrogen and oxygen atoms in total. The number of rotatable bonds is 8. The van der Waals surface area contributed by atoms with E-state index in [2.05, 4.69) is 15.6 Å². The predicted octanol–water partition coefficient (Wildman–Crippen LogP) is 0.693. The van der Waals surface area contributed by atoms with Crippen molar-refractivity contribution in [2.24, 2.45) is 0 Å². The largest absolute Gasteiger partial charge is 0.481 e. The van der Waals surface area contributed by atoms with Crippen molar-refractivity contribution in [3.63, 3.8) is 0 Å². The molecule has 2 heterocycles. The lowest BCUT2D eigenvalue weighted by molar-refractivity contribution is -0.138. The number of carbonyl (C=O) groups is 4. The standard InChI is InChI=1S/C19H22F2N4O5/c20-19(21)6-8-25(11-19)17(30)18(4-5-18)24-16(29)12-3-7-22-13(9-12)10-23-14(26)1-2-15(27)28/h3,7,9H,1-2,4-6,8,10-11H2,(H,23,26)(H,24,29)(H,27,28). The summed E-state index contributed by atoms with van der Waals surface area (Å²) >= 11 is 0. The molecule has 1 aliphatic heterocycles. The number of pyridine rings is 1. The third-order valence-corrected chi connectivity index (χ3v) is 5.08. The minimum atomic E-state index is -2.90. The van der Waals surface area contributed by atoms with Crippen LogP contribution in [-0.4, -0.2) is 63.2 Å². The average molecular weight is 424 g/mol. The van der Waals surface area contributed by atoms with Crippen molar-refractivity contribution in [2.45, 2.75) is 50.1 Å². The fraction of sp³-hybridized carbons (Fsp3) is 0.526. The number of carboxylic acid groups (broad SMARTS) is 1. The van der Waals surface area contributed by atoms with Gasteiger partial charge in [-0.2, -0.15) is 0 Å². The molecule has 3 amide bonds. The van der Waals surface area contributed by atoms with Crippen molar-refractivity contribution in [3.05, 3.63) is 29.6 Å². The molecular weight excluding hydrogens is 402 g/mol. The highest BCUT2D eigenvalue weighted by Gasteiger charge is 2.55. The predicted molar refractivity (Wildman–Crippen MR) is 98.5 cm³/mol. The Morgan fingerprint density at radius 2 is 1.90 bits per heavy atom. The van der Waals surface area contributed by atoms with Gasteiger partial charge in [-0.05, 0) is 25.0 Å². The van der Waals surface area contributed by atoms with E-state index in [-0.39, 0.29) is 37.9 Å². The van der Waals surface area contributed by atoms with Gasteiger partial charge in [0.2, 0.25) is 11.8 Å². The summed E-state index contributed by atoms with van der Waals surface area (Å²) in [6.45, 7) is -0.665. The Morgan fingerprint density at radius 1 is 1.17 bits per heavy atom. The molecule has 3 N–H and O–H groups in total. The van der Waals surface area contributed by atoms with Crippen LogP contribution in [0.15, 0.2) is 18.3 Å². The molecule has 2 fully saturated rings. The van der Waals surface area contributed by atoms with Crippen molar-refractivity contribution in [3.8, 4) is 0 Å². The van der Waals surface area contributed by atoms with Crippen molar-refractivity contribution >= 4 is 23.7 Å². The third kappa shape index (κ3) is 5.28. The molecule has 1 aliphatic carbocycles. The first-order valence-electron chi connectivity index (χ1n) is 9.53. The molecule has 1 aromatic rings. The molecule has 0 radical (unpaired) electrons. The summed E-state index contributed by atoms with van der Waals surface area (Å²) in [7, 11) is 0. The number of carboxylic acids is 1. The number of alkyl halides is 2. The van der Waals surface area contributed by atoms with Gasteiger partial charge in [-0.25, -0.2) is 8.78 Å². The Morgan fingerprint density at radius 3 is 2.50 bits per heavy atom. The van der Waals surface area contributed by atoms with Gasteiger partial charge < -0.3 is 20.6 Å². The van der Waals surface area contributed by atoms with Crippen LogP contribution in [0.1, 0.15) is 48.2 Å². The van der Waals surface area contributed by atoms with Crippen LogP contribution >= 0.6 is 0 Å². The monoisotopic (exact) mass is 424 g/mol. The van der Waals surface area contributed by atoms with Crippen LogP contribution in [0, 0.1) is 0 Å². The van der Waals surface area contributed by atoms with E-state index in [9.17, 15) is 28.0 Å². The number of aliphatic carboxylic acids is 1. The van der Waals surface area contributed by atoms with Crippen LogP contribution in [0.5, 0.6) is 0 Å². The molecule has 3 rings (SSSR count). The zero-order valence-corrected chi connectivity index (χ0v) is 16.1. The van der Waals surface area contributed by atoms with E-state index >= 15 is 0 Å². The topological polar surface area (TPSA) is 129 Å². The second-order valence-electron chi connectivity index (χ2n) is 7.58. The number of nitrogens with one attached hydrogen (secondary N) is 2. The lowest BCUT2D eigenvalue weighted by atomic mass is 10.1. The molecule has 0 aromatic carbocycles. The first kappa shape index (κ1) is 21.6. The maximum Gasteiger partial charge on any atom is 0.303 e. The quantitative estimate of drug-likeness (QED) is 0.563. The summed E-state index contributed by atoms with van der Waals surface area (Å²) in [4.78, 5) is 52.4. The number of nitrogens with zero attached hydrogens (tertiary/aromatic N) is 2. The van der Waals surface area contributed by atoms with Crippen molar-refractivity contribution < 1.29 is 33.1 Å². The van der Waals surface area contributed by atoms with Gasteiger partial charge in [0.1, 0.15) is 5.54 Å². The molecule has 30 heavy (non-hydrogen) atoms. The minimum Gasteiger partial charge on any atom is -0.481 e. The Hall–Kier alpha value is -3.11. The molecule has 0 atom stereocenters. The van der Waals surface area contributed by atoms with Crippen LogP contribution in [0.3, 0.4) is 0 Å². The summed E-state index contributed by atoms with van der Waals surface area (Å²) < 4.78 is 26.8. The zero-order valence-electron chi connectivity index (χ0n) is 16.1. The number of aromatic nitrogens is 1. The number of carbonyl (C=O) groups excluding carboxylic acids is 3. The molecule has 2 aliphatic rings. The van der Waals surface area contributed by atoms with E-state index in [0.29, 0.717) is 18.5 Å². The highest BCUT2D eigenvalue weighted by atomic mass is 19.3. The zero-order chi connectivity index (χ0) is 21.9. The number of amides is 3. The fourth-order valence-electron chi connectivity index (χ4n) is 3.23. The Balaban J connectivity index is 1.57. The van der Waals surface area contributed by atoms with Crippen molar-refractivity contribution in [1.29, 1.82) is 0 Å². The van der Waals surface area contributed by atoms with Crippen LogP contribution in [0.25, 0.3) is 0 Å². The fourth-order valence-corrected chi connectivity index (χ4v) is 3.23. The van der Waals surface area contributed by atoms with Gasteiger partial charge in [-0.3, -0.25) is 24.2 Å². The molecule has 1 saturated carbocycles. The SMILES string of the molecule is O=C(O)CCC(=O)NCc1cc(C(=O)NC2(C(=O)N3CCC(F)(F)C3)CC2)ccn1. The van der Waals surface area contributed by atoms with Crippen LogP contribution < -0.4 is 10.6 Å². The van der Waals surface area contributed by atoms with Gasteiger partial charge in [0, 0.05) is 31.1 Å². The number of hydrogen-bond acceptors (Lipinski definition) is 5. The normalized spacial score (nSPS) is 18.5. The Bertz CT molecular complexity index is 872. The van der Waals surface area contributed by atoms with Crippen molar-refractivity contribution in [2.75, 3.05) is 13.1 Å². The summed E-state index contributed by atoms with van der Waals surface area (Å²) in [5.41, 5.74) is -0.557. The van der Waals surface area contributed by atoms with Crippen LogP contribution in [0.2, 0.25) is 0 Å². The molecule has 0 unspecified atom stereocenters. The van der Waals surface area contributed by atoms with Gasteiger partial charge in [0.05, 0.1) is 25.2 Å². The number of halogens is 2. The van der Waals surface area contributed by atoms with Crippen LogP contribution in [-0.2, 0) is 20.9 Å². The third-order valence-electron chi connectivity index (χ3n) is 5.08. The Labute approximate surface area is 170 Å². The van der Waals surface area contributed by atoms with E-state index in [4.69, 9.17) is 5.11 Å². The highest BCUT2D eigenvalue weighted by molar-refractivity contribution is 6.00. The number of hydrogen-bond donors (Lipinski definition) is 3. The first-order valence-corrected chi connectivity index (χ1v) is 9.53. The second-order valence-corrected chi connectivity index (χ2v) is 7.58. The lowest BCUT2D eigenvalue weighted by Gasteiger charge is -2.24. The molecule has 11 heteroatoms.